The topological polar surface area (TPSA) is 51.0 Å². The molecule has 0 unspecified atom stereocenters. The van der Waals surface area contributed by atoms with Crippen molar-refractivity contribution in [2.75, 3.05) is 0 Å². The highest BCUT2D eigenvalue weighted by Gasteiger charge is 2.11. The minimum atomic E-state index is 0.664. The van der Waals surface area contributed by atoms with E-state index in [1.54, 1.807) is 23.1 Å². The molecular weight excluding hydrogens is 428 g/mol. The van der Waals surface area contributed by atoms with Gasteiger partial charge >= 0.3 is 0 Å². The SMILES string of the molecule is c1ccc(C(=Nc2nnc(CSc3nc4ccccc4s3)s2)c2ccccc2)cc1. The van der Waals surface area contributed by atoms with Crippen molar-refractivity contribution in [2.45, 2.75) is 10.1 Å². The molecule has 4 nitrogen and oxygen atoms in total. The van der Waals surface area contributed by atoms with Crippen molar-refractivity contribution >= 4 is 55.5 Å². The fourth-order valence-electron chi connectivity index (χ4n) is 2.97. The second-order valence-electron chi connectivity index (χ2n) is 6.41. The number of aromatic nitrogens is 3. The molecule has 0 aliphatic heterocycles. The third-order valence-corrected chi connectivity index (χ3v) is 7.54. The summed E-state index contributed by atoms with van der Waals surface area (Å²) >= 11 is 4.92. The zero-order valence-corrected chi connectivity index (χ0v) is 18.3. The van der Waals surface area contributed by atoms with Gasteiger partial charge in [0, 0.05) is 11.1 Å². The lowest BCUT2D eigenvalue weighted by molar-refractivity contribution is 1.03. The maximum atomic E-state index is 4.85. The van der Waals surface area contributed by atoms with Crippen molar-refractivity contribution in [3.63, 3.8) is 0 Å². The highest BCUT2D eigenvalue weighted by Crippen LogP contribution is 2.33. The minimum absolute atomic E-state index is 0.664. The molecule has 0 aliphatic carbocycles. The number of aliphatic imine (C=N–C) groups is 1. The number of benzene rings is 3. The van der Waals surface area contributed by atoms with E-state index in [-0.39, 0.29) is 0 Å². The molecule has 3 aromatic carbocycles. The number of para-hydroxylation sites is 1. The van der Waals surface area contributed by atoms with Gasteiger partial charge in [0.25, 0.3) is 0 Å². The first-order chi connectivity index (χ1) is 14.8. The summed E-state index contributed by atoms with van der Waals surface area (Å²) in [4.78, 5) is 9.52. The molecule has 5 rings (SSSR count). The number of thioether (sulfide) groups is 1. The molecular formula is C23H16N4S3. The quantitative estimate of drug-likeness (QED) is 0.218. The molecule has 30 heavy (non-hydrogen) atoms. The van der Waals surface area contributed by atoms with E-state index in [0.29, 0.717) is 5.13 Å². The maximum absolute atomic E-state index is 4.85. The third-order valence-electron chi connectivity index (χ3n) is 4.35. The predicted octanol–water partition coefficient (Wildman–Crippen LogP) is 6.61. The number of rotatable bonds is 6. The van der Waals surface area contributed by atoms with Crippen LogP contribution in [0.5, 0.6) is 0 Å². The van der Waals surface area contributed by atoms with Gasteiger partial charge in [-0.05, 0) is 12.1 Å². The minimum Gasteiger partial charge on any atom is -0.230 e. The van der Waals surface area contributed by atoms with Gasteiger partial charge in [0.05, 0.1) is 21.7 Å². The molecule has 0 bridgehead atoms. The van der Waals surface area contributed by atoms with Crippen LogP contribution in [0.1, 0.15) is 16.1 Å². The maximum Gasteiger partial charge on any atom is 0.232 e. The Morgan fingerprint density at radius 2 is 1.43 bits per heavy atom. The molecule has 0 radical (unpaired) electrons. The van der Waals surface area contributed by atoms with E-state index in [2.05, 4.69) is 45.5 Å². The molecule has 0 spiro atoms. The largest absolute Gasteiger partial charge is 0.232 e. The zero-order valence-electron chi connectivity index (χ0n) is 15.8. The Kier molecular flexibility index (Phi) is 5.65. The van der Waals surface area contributed by atoms with Crippen LogP contribution in [0.2, 0.25) is 0 Å². The number of thiazole rings is 1. The molecule has 0 saturated carbocycles. The number of hydrogen-bond donors (Lipinski definition) is 0. The van der Waals surface area contributed by atoms with E-state index in [1.165, 1.54) is 16.0 Å². The summed E-state index contributed by atoms with van der Waals surface area (Å²) in [6.07, 6.45) is 0. The molecule has 7 heteroatoms. The van der Waals surface area contributed by atoms with Crippen LogP contribution < -0.4 is 0 Å². The zero-order chi connectivity index (χ0) is 20.2. The standard InChI is InChI=1S/C23H16N4S3/c1-3-9-16(10-4-1)21(17-11-5-2-6-12-17)25-22-27-26-20(30-22)15-28-23-24-18-13-7-8-14-19(18)29-23/h1-14H,15H2. The normalized spacial score (nSPS) is 10.9. The second-order valence-corrected chi connectivity index (χ2v) is 9.70. The number of fused-ring (bicyclic) bond motifs is 1. The highest BCUT2D eigenvalue weighted by molar-refractivity contribution is 8.00. The average Bonchev–Trinajstić information content (AvgIpc) is 3.43. The molecule has 0 fully saturated rings. The van der Waals surface area contributed by atoms with Crippen LogP contribution in [0.15, 0.2) is 94.3 Å². The van der Waals surface area contributed by atoms with Gasteiger partial charge in [-0.25, -0.2) is 9.98 Å². The lowest BCUT2D eigenvalue weighted by Gasteiger charge is -2.06. The van der Waals surface area contributed by atoms with Gasteiger partial charge in [-0.1, -0.05) is 95.9 Å². The molecule has 0 aliphatic rings. The summed E-state index contributed by atoms with van der Waals surface area (Å²) in [6, 6.07) is 28.6. The van der Waals surface area contributed by atoms with Gasteiger partial charge < -0.3 is 0 Å². The lowest BCUT2D eigenvalue weighted by Crippen LogP contribution is -2.02. The first-order valence-electron chi connectivity index (χ1n) is 9.35. The van der Waals surface area contributed by atoms with E-state index >= 15 is 0 Å². The monoisotopic (exact) mass is 444 g/mol. The van der Waals surface area contributed by atoms with Gasteiger partial charge in [0.15, 0.2) is 4.34 Å². The van der Waals surface area contributed by atoms with Crippen molar-refractivity contribution in [3.05, 3.63) is 101 Å². The molecule has 2 aromatic heterocycles. The molecule has 2 heterocycles. The summed E-state index contributed by atoms with van der Waals surface area (Å²) in [5.74, 6) is 0.735. The van der Waals surface area contributed by atoms with Gasteiger partial charge in [-0.3, -0.25) is 0 Å². The Morgan fingerprint density at radius 1 is 0.767 bits per heavy atom. The summed E-state index contributed by atoms with van der Waals surface area (Å²) in [5.41, 5.74) is 4.06. The first-order valence-corrected chi connectivity index (χ1v) is 12.0. The predicted molar refractivity (Wildman–Crippen MR) is 127 cm³/mol. The first kappa shape index (κ1) is 19.1. The van der Waals surface area contributed by atoms with Crippen LogP contribution in [0.4, 0.5) is 5.13 Å². The Morgan fingerprint density at radius 3 is 2.13 bits per heavy atom. The van der Waals surface area contributed by atoms with E-state index < -0.39 is 0 Å². The Balaban J connectivity index is 1.38. The number of hydrogen-bond acceptors (Lipinski definition) is 7. The molecule has 0 atom stereocenters. The van der Waals surface area contributed by atoms with Crippen molar-refractivity contribution in [1.82, 2.24) is 15.2 Å². The summed E-state index contributed by atoms with van der Waals surface area (Å²) < 4.78 is 2.25. The summed E-state index contributed by atoms with van der Waals surface area (Å²) in [7, 11) is 0. The van der Waals surface area contributed by atoms with E-state index in [9.17, 15) is 0 Å². The second kappa shape index (κ2) is 8.87. The van der Waals surface area contributed by atoms with Crippen LogP contribution in [-0.2, 0) is 5.75 Å². The van der Waals surface area contributed by atoms with Crippen molar-refractivity contribution < 1.29 is 0 Å². The van der Waals surface area contributed by atoms with Crippen molar-refractivity contribution in [2.24, 2.45) is 4.99 Å². The molecule has 0 amide bonds. The van der Waals surface area contributed by atoms with Crippen LogP contribution in [0.3, 0.4) is 0 Å². The van der Waals surface area contributed by atoms with E-state index in [0.717, 1.165) is 37.5 Å². The molecule has 5 aromatic rings. The Hall–Kier alpha value is -2.87. The highest BCUT2D eigenvalue weighted by atomic mass is 32.2. The smallest absolute Gasteiger partial charge is 0.230 e. The van der Waals surface area contributed by atoms with Crippen LogP contribution in [-0.4, -0.2) is 20.9 Å². The molecule has 0 saturated heterocycles. The van der Waals surface area contributed by atoms with E-state index in [4.69, 9.17) is 4.99 Å². The van der Waals surface area contributed by atoms with Crippen molar-refractivity contribution in [3.8, 4) is 0 Å². The third kappa shape index (κ3) is 4.33. The number of nitrogens with zero attached hydrogens (tertiary/aromatic N) is 4. The van der Waals surface area contributed by atoms with Gasteiger partial charge in [0.2, 0.25) is 5.13 Å². The van der Waals surface area contributed by atoms with Gasteiger partial charge in [-0.2, -0.15) is 0 Å². The molecule has 0 N–H and O–H groups in total. The summed E-state index contributed by atoms with van der Waals surface area (Å²) in [6.45, 7) is 0. The van der Waals surface area contributed by atoms with Crippen molar-refractivity contribution in [1.29, 1.82) is 0 Å². The van der Waals surface area contributed by atoms with Crippen LogP contribution in [0.25, 0.3) is 10.2 Å². The Bertz CT molecular complexity index is 1220. The van der Waals surface area contributed by atoms with Crippen LogP contribution >= 0.6 is 34.4 Å². The average molecular weight is 445 g/mol. The molecule has 146 valence electrons. The van der Waals surface area contributed by atoms with E-state index in [1.807, 2.05) is 54.6 Å². The van der Waals surface area contributed by atoms with Gasteiger partial charge in [-0.15, -0.1) is 21.5 Å². The fourth-order valence-corrected chi connectivity index (χ4v) is 5.74. The Labute approximate surface area is 186 Å². The lowest BCUT2D eigenvalue weighted by atomic mass is 10.0. The fraction of sp³-hybridized carbons (Fsp3) is 0.0435. The summed E-state index contributed by atoms with van der Waals surface area (Å²) in [5, 5.41) is 10.3. The van der Waals surface area contributed by atoms with Gasteiger partial charge in [0.1, 0.15) is 5.01 Å². The van der Waals surface area contributed by atoms with Crippen LogP contribution in [0, 0.1) is 0 Å².